The van der Waals surface area contributed by atoms with Crippen molar-refractivity contribution >= 4 is 11.7 Å². The molecule has 0 heterocycles. The van der Waals surface area contributed by atoms with Gasteiger partial charge >= 0.3 is 5.97 Å². The van der Waals surface area contributed by atoms with Crippen LogP contribution in [0, 0.1) is 5.92 Å². The molecule has 0 aliphatic heterocycles. The molecule has 0 radical (unpaired) electrons. The molecular formula is C14H19NO3. The molecule has 18 heavy (non-hydrogen) atoms. The van der Waals surface area contributed by atoms with Crippen molar-refractivity contribution in [3.05, 3.63) is 23.8 Å². The summed E-state index contributed by atoms with van der Waals surface area (Å²) in [6, 6.07) is 5.44. The minimum atomic E-state index is -0.900. The lowest BCUT2D eigenvalue weighted by atomic mass is 10.1. The van der Waals surface area contributed by atoms with E-state index >= 15 is 0 Å². The van der Waals surface area contributed by atoms with E-state index in [0.717, 1.165) is 5.69 Å². The van der Waals surface area contributed by atoms with E-state index in [-0.39, 0.29) is 0 Å². The molecule has 98 valence electrons. The number of carboxylic acid groups (broad SMARTS) is 1. The smallest absolute Gasteiger partial charge is 0.337 e. The van der Waals surface area contributed by atoms with Crippen LogP contribution in [-0.2, 0) is 0 Å². The van der Waals surface area contributed by atoms with Gasteiger partial charge in [-0.25, -0.2) is 4.79 Å². The first-order valence-corrected chi connectivity index (χ1v) is 6.18. The van der Waals surface area contributed by atoms with Gasteiger partial charge < -0.3 is 14.7 Å². The molecular weight excluding hydrogens is 230 g/mol. The molecule has 0 aromatic heterocycles. The molecule has 1 fully saturated rings. The minimum Gasteiger partial charge on any atom is -0.497 e. The van der Waals surface area contributed by atoms with Gasteiger partial charge in [0.15, 0.2) is 0 Å². The lowest BCUT2D eigenvalue weighted by Gasteiger charge is -2.28. The van der Waals surface area contributed by atoms with E-state index in [1.807, 2.05) is 11.9 Å². The summed E-state index contributed by atoms with van der Waals surface area (Å²) in [4.78, 5) is 13.3. The lowest BCUT2D eigenvalue weighted by molar-refractivity contribution is 0.0697. The topological polar surface area (TPSA) is 49.8 Å². The molecule has 1 N–H and O–H groups in total. The second-order valence-electron chi connectivity index (χ2n) is 4.88. The molecule has 4 heteroatoms. The van der Waals surface area contributed by atoms with Gasteiger partial charge in [0.05, 0.1) is 18.4 Å². The molecule has 0 bridgehead atoms. The highest BCUT2D eigenvalue weighted by molar-refractivity contribution is 5.94. The molecule has 1 aliphatic carbocycles. The molecule has 1 atom stereocenters. The predicted octanol–water partition coefficient (Wildman–Crippen LogP) is 2.63. The molecule has 4 nitrogen and oxygen atoms in total. The van der Waals surface area contributed by atoms with Crippen LogP contribution in [0.25, 0.3) is 0 Å². The average molecular weight is 249 g/mol. The summed E-state index contributed by atoms with van der Waals surface area (Å²) in [5.41, 5.74) is 1.05. The fourth-order valence-corrected chi connectivity index (χ4v) is 2.23. The summed E-state index contributed by atoms with van der Waals surface area (Å²) >= 11 is 0. The van der Waals surface area contributed by atoms with Crippen molar-refractivity contribution < 1.29 is 14.6 Å². The number of anilines is 1. The number of nitrogens with zero attached hydrogens (tertiary/aromatic N) is 1. The lowest BCUT2D eigenvalue weighted by Crippen LogP contribution is -2.31. The van der Waals surface area contributed by atoms with Gasteiger partial charge in [0.2, 0.25) is 0 Å². The van der Waals surface area contributed by atoms with Crippen LogP contribution in [0.4, 0.5) is 5.69 Å². The number of hydrogen-bond donors (Lipinski definition) is 1. The van der Waals surface area contributed by atoms with E-state index in [1.54, 1.807) is 25.3 Å². The monoisotopic (exact) mass is 249 g/mol. The highest BCUT2D eigenvalue weighted by Gasteiger charge is 2.31. The van der Waals surface area contributed by atoms with Crippen LogP contribution in [-0.4, -0.2) is 31.3 Å². The van der Waals surface area contributed by atoms with Gasteiger partial charge in [-0.3, -0.25) is 0 Å². The Bertz CT molecular complexity index is 454. The number of hydrogen-bond acceptors (Lipinski definition) is 3. The Morgan fingerprint density at radius 3 is 2.67 bits per heavy atom. The summed E-state index contributed by atoms with van der Waals surface area (Å²) in [7, 11) is 3.54. The Labute approximate surface area is 107 Å². The summed E-state index contributed by atoms with van der Waals surface area (Å²) in [6.07, 6.45) is 2.47. The Balaban J connectivity index is 2.35. The quantitative estimate of drug-likeness (QED) is 0.871. The number of ether oxygens (including phenoxy) is 1. The minimum absolute atomic E-state index is 0.325. The van der Waals surface area contributed by atoms with E-state index in [4.69, 9.17) is 4.74 Å². The normalized spacial score (nSPS) is 16.2. The molecule has 1 aliphatic rings. The van der Waals surface area contributed by atoms with E-state index in [9.17, 15) is 9.90 Å². The summed E-state index contributed by atoms with van der Waals surface area (Å²) < 4.78 is 5.18. The van der Waals surface area contributed by atoms with Crippen molar-refractivity contribution in [3.63, 3.8) is 0 Å². The van der Waals surface area contributed by atoms with E-state index < -0.39 is 5.97 Å². The molecule has 1 unspecified atom stereocenters. The second kappa shape index (κ2) is 4.88. The highest BCUT2D eigenvalue weighted by atomic mass is 16.5. The average Bonchev–Trinajstić information content (AvgIpc) is 3.20. The Kier molecular flexibility index (Phi) is 3.45. The number of carbonyl (C=O) groups is 1. The molecule has 1 saturated carbocycles. The van der Waals surface area contributed by atoms with Gasteiger partial charge in [-0.05, 0) is 37.8 Å². The van der Waals surface area contributed by atoms with Crippen molar-refractivity contribution in [1.29, 1.82) is 0 Å². The van der Waals surface area contributed by atoms with Gasteiger partial charge in [0, 0.05) is 19.2 Å². The third kappa shape index (κ3) is 2.42. The summed E-state index contributed by atoms with van der Waals surface area (Å²) in [5.74, 6) is 0.468. The second-order valence-corrected chi connectivity index (χ2v) is 4.88. The van der Waals surface area contributed by atoms with Gasteiger partial charge in [0.25, 0.3) is 0 Å². The maximum atomic E-state index is 11.3. The molecule has 0 spiro atoms. The number of benzene rings is 1. The molecule has 0 saturated heterocycles. The Hall–Kier alpha value is -1.71. The van der Waals surface area contributed by atoms with Crippen LogP contribution in [0.2, 0.25) is 0 Å². The fourth-order valence-electron chi connectivity index (χ4n) is 2.23. The Morgan fingerprint density at radius 2 is 2.17 bits per heavy atom. The maximum absolute atomic E-state index is 11.3. The Morgan fingerprint density at radius 1 is 1.50 bits per heavy atom. The summed E-state index contributed by atoms with van der Waals surface area (Å²) in [6.45, 7) is 2.14. The van der Waals surface area contributed by atoms with Gasteiger partial charge in [-0.2, -0.15) is 0 Å². The first kappa shape index (κ1) is 12.7. The van der Waals surface area contributed by atoms with Crippen LogP contribution in [0.15, 0.2) is 18.2 Å². The van der Waals surface area contributed by atoms with Crippen molar-refractivity contribution in [1.82, 2.24) is 0 Å². The van der Waals surface area contributed by atoms with Gasteiger partial charge in [-0.1, -0.05) is 0 Å². The van der Waals surface area contributed by atoms with Crippen molar-refractivity contribution in [3.8, 4) is 5.75 Å². The number of methoxy groups -OCH3 is 1. The number of aromatic carboxylic acids is 1. The molecule has 0 amide bonds. The standard InChI is InChI=1S/C14H19NO3/c1-9(10-4-5-10)15(2)13-8-11(18-3)6-7-12(13)14(16)17/h6-10H,4-5H2,1-3H3,(H,16,17). The van der Waals surface area contributed by atoms with E-state index in [0.29, 0.717) is 23.3 Å². The van der Waals surface area contributed by atoms with Gasteiger partial charge in [0.1, 0.15) is 5.75 Å². The first-order chi connectivity index (χ1) is 8.54. The zero-order valence-electron chi connectivity index (χ0n) is 11.0. The van der Waals surface area contributed by atoms with Crippen LogP contribution >= 0.6 is 0 Å². The number of rotatable bonds is 5. The third-order valence-corrected chi connectivity index (χ3v) is 3.73. The summed E-state index contributed by atoms with van der Waals surface area (Å²) in [5, 5.41) is 9.25. The van der Waals surface area contributed by atoms with Crippen LogP contribution in [0.1, 0.15) is 30.1 Å². The molecule has 2 rings (SSSR count). The zero-order valence-corrected chi connectivity index (χ0v) is 11.0. The SMILES string of the molecule is COc1ccc(C(=O)O)c(N(C)C(C)C2CC2)c1. The van der Waals surface area contributed by atoms with E-state index in [2.05, 4.69) is 6.92 Å². The van der Waals surface area contributed by atoms with Crippen molar-refractivity contribution in [2.24, 2.45) is 5.92 Å². The molecule has 1 aromatic carbocycles. The zero-order chi connectivity index (χ0) is 13.3. The van der Waals surface area contributed by atoms with Crippen molar-refractivity contribution in [2.45, 2.75) is 25.8 Å². The largest absolute Gasteiger partial charge is 0.497 e. The van der Waals surface area contributed by atoms with Crippen molar-refractivity contribution in [2.75, 3.05) is 19.1 Å². The predicted molar refractivity (Wildman–Crippen MR) is 70.5 cm³/mol. The van der Waals surface area contributed by atoms with Gasteiger partial charge in [-0.15, -0.1) is 0 Å². The fraction of sp³-hybridized carbons (Fsp3) is 0.500. The first-order valence-electron chi connectivity index (χ1n) is 6.18. The van der Waals surface area contributed by atoms with Crippen LogP contribution < -0.4 is 9.64 Å². The van der Waals surface area contributed by atoms with E-state index in [1.165, 1.54) is 12.8 Å². The van der Waals surface area contributed by atoms with Crippen LogP contribution in [0.3, 0.4) is 0 Å². The maximum Gasteiger partial charge on any atom is 0.337 e. The number of carboxylic acids is 1. The molecule has 1 aromatic rings. The van der Waals surface area contributed by atoms with Crippen LogP contribution in [0.5, 0.6) is 5.75 Å². The highest BCUT2D eigenvalue weighted by Crippen LogP contribution is 2.37. The third-order valence-electron chi connectivity index (χ3n) is 3.73.